The van der Waals surface area contributed by atoms with E-state index in [1.807, 2.05) is 24.3 Å². The molecular formula is C24H20FNO3. The van der Waals surface area contributed by atoms with Gasteiger partial charge in [-0.3, -0.25) is 0 Å². The van der Waals surface area contributed by atoms with E-state index in [0.717, 1.165) is 11.1 Å². The fraction of sp³-hybridized carbons (Fsp3) is 0.125. The van der Waals surface area contributed by atoms with Crippen molar-refractivity contribution in [2.75, 3.05) is 14.2 Å². The van der Waals surface area contributed by atoms with Crippen LogP contribution in [0.3, 0.4) is 0 Å². The maximum atomic E-state index is 13.4. The van der Waals surface area contributed by atoms with E-state index in [0.29, 0.717) is 28.4 Å². The average molecular weight is 389 g/mol. The van der Waals surface area contributed by atoms with Gasteiger partial charge in [-0.25, -0.2) is 4.39 Å². The zero-order chi connectivity index (χ0) is 20.6. The number of benzene rings is 3. The van der Waals surface area contributed by atoms with Crippen molar-refractivity contribution in [1.82, 2.24) is 0 Å². The second-order valence-electron chi connectivity index (χ2n) is 6.20. The van der Waals surface area contributed by atoms with Gasteiger partial charge in [-0.15, -0.1) is 0 Å². The summed E-state index contributed by atoms with van der Waals surface area (Å²) >= 11 is 0. The van der Waals surface area contributed by atoms with Crippen molar-refractivity contribution in [2.45, 2.75) is 6.61 Å². The van der Waals surface area contributed by atoms with Gasteiger partial charge < -0.3 is 14.2 Å². The molecule has 3 aromatic rings. The molecule has 0 aromatic heterocycles. The van der Waals surface area contributed by atoms with Crippen LogP contribution in [0.25, 0.3) is 11.6 Å². The summed E-state index contributed by atoms with van der Waals surface area (Å²) in [5, 5.41) is 9.69. The SMILES string of the molecule is COc1ccc(/C(C#N)=C/c2ccccc2OCc2cccc(F)c2)cc1OC. The van der Waals surface area contributed by atoms with Crippen molar-refractivity contribution < 1.29 is 18.6 Å². The standard InChI is InChI=1S/C24H20FNO3/c1-27-23-11-10-18(14-24(23)28-2)20(15-26)13-19-7-3-4-9-22(19)29-16-17-6-5-8-21(25)12-17/h3-14H,16H2,1-2H3/b20-13+. The van der Waals surface area contributed by atoms with Crippen LogP contribution in [0.1, 0.15) is 16.7 Å². The lowest BCUT2D eigenvalue weighted by molar-refractivity contribution is 0.305. The van der Waals surface area contributed by atoms with E-state index < -0.39 is 0 Å². The maximum absolute atomic E-state index is 13.4. The first-order valence-corrected chi connectivity index (χ1v) is 8.95. The van der Waals surface area contributed by atoms with Gasteiger partial charge >= 0.3 is 0 Å². The molecule has 0 aliphatic carbocycles. The quantitative estimate of drug-likeness (QED) is 0.396. The number of hydrogen-bond acceptors (Lipinski definition) is 4. The van der Waals surface area contributed by atoms with Gasteiger partial charge in [-0.2, -0.15) is 5.26 Å². The maximum Gasteiger partial charge on any atom is 0.161 e. The molecule has 0 aliphatic heterocycles. The Morgan fingerprint density at radius 3 is 2.45 bits per heavy atom. The number of halogens is 1. The van der Waals surface area contributed by atoms with Crippen LogP contribution < -0.4 is 14.2 Å². The zero-order valence-electron chi connectivity index (χ0n) is 16.2. The lowest BCUT2D eigenvalue weighted by Gasteiger charge is -2.11. The predicted molar refractivity (Wildman–Crippen MR) is 110 cm³/mol. The summed E-state index contributed by atoms with van der Waals surface area (Å²) in [4.78, 5) is 0. The average Bonchev–Trinajstić information content (AvgIpc) is 2.76. The van der Waals surface area contributed by atoms with E-state index in [1.54, 1.807) is 50.6 Å². The minimum Gasteiger partial charge on any atom is -0.493 e. The summed E-state index contributed by atoms with van der Waals surface area (Å²) in [6.45, 7) is 0.223. The molecule has 0 bridgehead atoms. The van der Waals surface area contributed by atoms with E-state index in [2.05, 4.69) is 6.07 Å². The normalized spacial score (nSPS) is 10.9. The van der Waals surface area contributed by atoms with E-state index in [1.165, 1.54) is 12.1 Å². The van der Waals surface area contributed by atoms with E-state index in [-0.39, 0.29) is 12.4 Å². The molecule has 5 heteroatoms. The fourth-order valence-electron chi connectivity index (χ4n) is 2.86. The van der Waals surface area contributed by atoms with Gasteiger partial charge in [0, 0.05) is 5.56 Å². The van der Waals surface area contributed by atoms with Crippen LogP contribution in [0.2, 0.25) is 0 Å². The number of hydrogen-bond donors (Lipinski definition) is 0. The first-order chi connectivity index (χ1) is 14.1. The molecular weight excluding hydrogens is 369 g/mol. The number of rotatable bonds is 7. The molecule has 0 aliphatic rings. The van der Waals surface area contributed by atoms with Crippen molar-refractivity contribution in [3.8, 4) is 23.3 Å². The molecule has 0 saturated heterocycles. The largest absolute Gasteiger partial charge is 0.493 e. The van der Waals surface area contributed by atoms with Crippen molar-refractivity contribution in [1.29, 1.82) is 5.26 Å². The van der Waals surface area contributed by atoms with E-state index in [9.17, 15) is 9.65 Å². The van der Waals surface area contributed by atoms with Crippen LogP contribution in [-0.2, 0) is 6.61 Å². The van der Waals surface area contributed by atoms with Gasteiger partial charge in [-0.1, -0.05) is 30.3 Å². The Hall–Kier alpha value is -3.78. The summed E-state index contributed by atoms with van der Waals surface area (Å²) in [6.07, 6.45) is 1.75. The van der Waals surface area contributed by atoms with Gasteiger partial charge in [0.2, 0.25) is 0 Å². The lowest BCUT2D eigenvalue weighted by atomic mass is 10.0. The molecule has 0 fully saturated rings. The first kappa shape index (κ1) is 20.0. The highest BCUT2D eigenvalue weighted by molar-refractivity contribution is 5.91. The highest BCUT2D eigenvalue weighted by Crippen LogP contribution is 2.32. The third-order valence-electron chi connectivity index (χ3n) is 4.32. The van der Waals surface area contributed by atoms with Crippen LogP contribution in [0, 0.1) is 17.1 Å². The van der Waals surface area contributed by atoms with Crippen LogP contribution in [0.4, 0.5) is 4.39 Å². The molecule has 4 nitrogen and oxygen atoms in total. The molecule has 0 heterocycles. The van der Waals surface area contributed by atoms with Crippen LogP contribution >= 0.6 is 0 Å². The van der Waals surface area contributed by atoms with Crippen LogP contribution in [-0.4, -0.2) is 14.2 Å². The van der Waals surface area contributed by atoms with Gasteiger partial charge in [0.25, 0.3) is 0 Å². The minimum atomic E-state index is -0.306. The van der Waals surface area contributed by atoms with Crippen molar-refractivity contribution in [3.63, 3.8) is 0 Å². The summed E-state index contributed by atoms with van der Waals surface area (Å²) in [5.41, 5.74) is 2.62. The van der Waals surface area contributed by atoms with Gasteiger partial charge in [-0.05, 0) is 53.6 Å². The van der Waals surface area contributed by atoms with Gasteiger partial charge in [0.15, 0.2) is 11.5 Å². The zero-order valence-corrected chi connectivity index (χ0v) is 16.2. The predicted octanol–water partition coefficient (Wildman–Crippen LogP) is 5.49. The summed E-state index contributed by atoms with van der Waals surface area (Å²) in [6, 6.07) is 21.2. The molecule has 0 amide bonds. The third-order valence-corrected chi connectivity index (χ3v) is 4.32. The Morgan fingerprint density at radius 1 is 0.931 bits per heavy atom. The Kier molecular flexibility index (Phi) is 6.49. The smallest absolute Gasteiger partial charge is 0.161 e. The van der Waals surface area contributed by atoms with E-state index in [4.69, 9.17) is 14.2 Å². The molecule has 29 heavy (non-hydrogen) atoms. The topological polar surface area (TPSA) is 51.5 Å². The monoisotopic (exact) mass is 389 g/mol. The van der Waals surface area contributed by atoms with Crippen LogP contribution in [0.5, 0.6) is 17.2 Å². The molecule has 3 rings (SSSR count). The Bertz CT molecular complexity index is 1070. The molecule has 0 N–H and O–H groups in total. The summed E-state index contributed by atoms with van der Waals surface area (Å²) in [5.74, 6) is 1.43. The second-order valence-corrected chi connectivity index (χ2v) is 6.20. The molecule has 3 aromatic carbocycles. The fourth-order valence-corrected chi connectivity index (χ4v) is 2.86. The highest BCUT2D eigenvalue weighted by atomic mass is 19.1. The van der Waals surface area contributed by atoms with Crippen molar-refractivity contribution >= 4 is 11.6 Å². The second kappa shape index (κ2) is 9.43. The van der Waals surface area contributed by atoms with Gasteiger partial charge in [0.1, 0.15) is 18.2 Å². The first-order valence-electron chi connectivity index (χ1n) is 8.95. The molecule has 0 spiro atoms. The number of allylic oxidation sites excluding steroid dienone is 1. The van der Waals surface area contributed by atoms with Crippen molar-refractivity contribution in [2.24, 2.45) is 0 Å². The summed E-state index contributed by atoms with van der Waals surface area (Å²) in [7, 11) is 3.11. The molecule has 0 radical (unpaired) electrons. The Morgan fingerprint density at radius 2 is 1.72 bits per heavy atom. The number of nitriles is 1. The lowest BCUT2D eigenvalue weighted by Crippen LogP contribution is -1.97. The Labute approximate surface area is 169 Å². The highest BCUT2D eigenvalue weighted by Gasteiger charge is 2.10. The number of para-hydroxylation sites is 1. The number of ether oxygens (including phenoxy) is 3. The van der Waals surface area contributed by atoms with Crippen molar-refractivity contribution in [3.05, 3.63) is 89.2 Å². The number of nitrogens with zero attached hydrogens (tertiary/aromatic N) is 1. The minimum absolute atomic E-state index is 0.223. The summed E-state index contributed by atoms with van der Waals surface area (Å²) < 4.78 is 29.8. The van der Waals surface area contributed by atoms with Gasteiger partial charge in [0.05, 0.1) is 25.9 Å². The van der Waals surface area contributed by atoms with Crippen LogP contribution in [0.15, 0.2) is 66.7 Å². The Balaban J connectivity index is 1.89. The molecule has 0 saturated carbocycles. The molecule has 146 valence electrons. The molecule has 0 unspecified atom stereocenters. The number of methoxy groups -OCH3 is 2. The molecule has 0 atom stereocenters. The van der Waals surface area contributed by atoms with E-state index >= 15 is 0 Å². The third kappa shape index (κ3) is 4.94.